The predicted octanol–water partition coefficient (Wildman–Crippen LogP) is 2.82. The van der Waals surface area contributed by atoms with Crippen LogP contribution < -0.4 is 11.1 Å². The zero-order valence-electron chi connectivity index (χ0n) is 10.6. The number of hydrogen-bond acceptors (Lipinski definition) is 3. The lowest BCUT2D eigenvalue weighted by Crippen LogP contribution is -2.23. The molecular formula is C13H21N3O. The van der Waals surface area contributed by atoms with Gasteiger partial charge in [-0.25, -0.2) is 0 Å². The maximum Gasteiger partial charge on any atom is 0.227 e. The van der Waals surface area contributed by atoms with Crippen molar-refractivity contribution in [1.29, 1.82) is 0 Å². The minimum absolute atomic E-state index is 0.0617. The lowest BCUT2D eigenvalue weighted by atomic mass is 9.97. The number of aromatic nitrogens is 1. The summed E-state index contributed by atoms with van der Waals surface area (Å²) in [5, 5.41) is 2.88. The summed E-state index contributed by atoms with van der Waals surface area (Å²) in [4.78, 5) is 16.0. The Labute approximate surface area is 103 Å². The Morgan fingerprint density at radius 2 is 2.06 bits per heavy atom. The molecule has 0 radical (unpaired) electrons. The molecule has 0 aliphatic heterocycles. The second kappa shape index (κ2) is 6.89. The third-order valence-corrected chi connectivity index (χ3v) is 2.75. The maximum absolute atomic E-state index is 12.1. The quantitative estimate of drug-likeness (QED) is 0.796. The molecule has 1 amide bonds. The van der Waals surface area contributed by atoms with Crippen LogP contribution in [0.3, 0.4) is 0 Å². The summed E-state index contributed by atoms with van der Waals surface area (Å²) < 4.78 is 0. The Balaban J connectivity index is 2.66. The number of nitrogen functional groups attached to an aromatic ring is 1. The van der Waals surface area contributed by atoms with Crippen molar-refractivity contribution in [3.8, 4) is 0 Å². The summed E-state index contributed by atoms with van der Waals surface area (Å²) in [6.45, 7) is 4.19. The van der Waals surface area contributed by atoms with Gasteiger partial charge in [-0.2, -0.15) is 0 Å². The van der Waals surface area contributed by atoms with Crippen LogP contribution in [-0.2, 0) is 4.79 Å². The molecular weight excluding hydrogens is 214 g/mol. The lowest BCUT2D eigenvalue weighted by molar-refractivity contribution is -0.120. The molecule has 0 aliphatic rings. The van der Waals surface area contributed by atoms with Gasteiger partial charge in [0.15, 0.2) is 0 Å². The predicted molar refractivity (Wildman–Crippen MR) is 70.6 cm³/mol. The average molecular weight is 235 g/mol. The van der Waals surface area contributed by atoms with E-state index in [1.54, 1.807) is 18.5 Å². The SMILES string of the molecule is CCCC(CCC)C(=O)Nc1ccncc1N. The van der Waals surface area contributed by atoms with Crippen molar-refractivity contribution >= 4 is 17.3 Å². The summed E-state index contributed by atoms with van der Waals surface area (Å²) in [6, 6.07) is 1.72. The highest BCUT2D eigenvalue weighted by atomic mass is 16.1. The van der Waals surface area contributed by atoms with Crippen molar-refractivity contribution in [2.45, 2.75) is 39.5 Å². The van der Waals surface area contributed by atoms with Crippen LogP contribution in [0.1, 0.15) is 39.5 Å². The van der Waals surface area contributed by atoms with Gasteiger partial charge in [0.25, 0.3) is 0 Å². The fourth-order valence-electron chi connectivity index (χ4n) is 1.86. The molecule has 0 bridgehead atoms. The maximum atomic E-state index is 12.1. The van der Waals surface area contributed by atoms with E-state index < -0.39 is 0 Å². The van der Waals surface area contributed by atoms with E-state index in [4.69, 9.17) is 5.73 Å². The molecule has 1 rings (SSSR count). The Bertz CT molecular complexity index is 359. The normalized spacial score (nSPS) is 10.5. The minimum atomic E-state index is 0.0617. The molecule has 4 heteroatoms. The van der Waals surface area contributed by atoms with E-state index in [9.17, 15) is 4.79 Å². The van der Waals surface area contributed by atoms with Gasteiger partial charge in [0.05, 0.1) is 17.6 Å². The highest BCUT2D eigenvalue weighted by Crippen LogP contribution is 2.20. The van der Waals surface area contributed by atoms with E-state index in [2.05, 4.69) is 24.1 Å². The zero-order valence-corrected chi connectivity index (χ0v) is 10.6. The van der Waals surface area contributed by atoms with Gasteiger partial charge in [-0.3, -0.25) is 9.78 Å². The van der Waals surface area contributed by atoms with Crippen LogP contribution in [0.15, 0.2) is 18.5 Å². The zero-order chi connectivity index (χ0) is 12.7. The number of nitrogens with zero attached hydrogens (tertiary/aromatic N) is 1. The van der Waals surface area contributed by atoms with E-state index in [1.165, 1.54) is 0 Å². The highest BCUT2D eigenvalue weighted by molar-refractivity contribution is 5.95. The van der Waals surface area contributed by atoms with Crippen molar-refractivity contribution in [1.82, 2.24) is 4.98 Å². The highest BCUT2D eigenvalue weighted by Gasteiger charge is 2.17. The molecule has 0 fully saturated rings. The number of hydrogen-bond donors (Lipinski definition) is 2. The van der Waals surface area contributed by atoms with Crippen molar-refractivity contribution < 1.29 is 4.79 Å². The van der Waals surface area contributed by atoms with Crippen LogP contribution in [-0.4, -0.2) is 10.9 Å². The Morgan fingerprint density at radius 1 is 1.41 bits per heavy atom. The molecule has 0 aliphatic carbocycles. The number of anilines is 2. The number of nitrogens with one attached hydrogen (secondary N) is 1. The van der Waals surface area contributed by atoms with Crippen molar-refractivity contribution in [3.05, 3.63) is 18.5 Å². The monoisotopic (exact) mass is 235 g/mol. The van der Waals surface area contributed by atoms with Crippen LogP contribution in [0, 0.1) is 5.92 Å². The van der Waals surface area contributed by atoms with Crippen molar-refractivity contribution in [2.75, 3.05) is 11.1 Å². The van der Waals surface area contributed by atoms with Gasteiger partial charge in [0.2, 0.25) is 5.91 Å². The van der Waals surface area contributed by atoms with Gasteiger partial charge in [-0.15, -0.1) is 0 Å². The molecule has 3 N–H and O–H groups in total. The van der Waals surface area contributed by atoms with Crippen LogP contribution in [0.5, 0.6) is 0 Å². The van der Waals surface area contributed by atoms with E-state index in [0.717, 1.165) is 25.7 Å². The first-order valence-electron chi connectivity index (χ1n) is 6.19. The fourth-order valence-corrected chi connectivity index (χ4v) is 1.86. The van der Waals surface area contributed by atoms with E-state index in [-0.39, 0.29) is 11.8 Å². The van der Waals surface area contributed by atoms with Gasteiger partial charge in [-0.05, 0) is 18.9 Å². The summed E-state index contributed by atoms with van der Waals surface area (Å²) in [5.74, 6) is 0.143. The number of rotatable bonds is 6. The molecule has 0 spiro atoms. The van der Waals surface area contributed by atoms with Gasteiger partial charge in [0.1, 0.15) is 0 Å². The largest absolute Gasteiger partial charge is 0.396 e. The third-order valence-electron chi connectivity index (χ3n) is 2.75. The molecule has 0 aromatic carbocycles. The minimum Gasteiger partial charge on any atom is -0.396 e. The molecule has 0 unspecified atom stereocenters. The van der Waals surface area contributed by atoms with Gasteiger partial charge in [-0.1, -0.05) is 26.7 Å². The second-order valence-electron chi connectivity index (χ2n) is 4.23. The summed E-state index contributed by atoms with van der Waals surface area (Å²) >= 11 is 0. The Morgan fingerprint density at radius 3 is 2.59 bits per heavy atom. The number of pyridine rings is 1. The Hall–Kier alpha value is -1.58. The molecule has 0 atom stereocenters. The molecule has 94 valence electrons. The lowest BCUT2D eigenvalue weighted by Gasteiger charge is -2.15. The van der Waals surface area contributed by atoms with E-state index in [0.29, 0.717) is 11.4 Å². The fraction of sp³-hybridized carbons (Fsp3) is 0.538. The van der Waals surface area contributed by atoms with Crippen molar-refractivity contribution in [2.24, 2.45) is 5.92 Å². The topological polar surface area (TPSA) is 68.0 Å². The van der Waals surface area contributed by atoms with Crippen LogP contribution >= 0.6 is 0 Å². The summed E-state index contributed by atoms with van der Waals surface area (Å²) in [5.41, 5.74) is 6.90. The van der Waals surface area contributed by atoms with Crippen LogP contribution in [0.25, 0.3) is 0 Å². The molecule has 1 heterocycles. The van der Waals surface area contributed by atoms with Crippen molar-refractivity contribution in [3.63, 3.8) is 0 Å². The Kier molecular flexibility index (Phi) is 5.46. The first-order valence-corrected chi connectivity index (χ1v) is 6.19. The third kappa shape index (κ3) is 4.06. The summed E-state index contributed by atoms with van der Waals surface area (Å²) in [7, 11) is 0. The first-order chi connectivity index (χ1) is 8.19. The summed E-state index contributed by atoms with van der Waals surface area (Å²) in [6.07, 6.45) is 7.05. The number of carbonyl (C=O) groups is 1. The number of nitrogens with two attached hydrogens (primary N) is 1. The number of amides is 1. The van der Waals surface area contributed by atoms with Crippen LogP contribution in [0.4, 0.5) is 11.4 Å². The molecule has 0 saturated heterocycles. The molecule has 0 saturated carbocycles. The smallest absolute Gasteiger partial charge is 0.227 e. The molecule has 17 heavy (non-hydrogen) atoms. The van der Waals surface area contributed by atoms with Gasteiger partial charge >= 0.3 is 0 Å². The molecule has 1 aromatic heterocycles. The average Bonchev–Trinajstić information content (AvgIpc) is 2.32. The second-order valence-corrected chi connectivity index (χ2v) is 4.23. The van der Waals surface area contributed by atoms with Gasteiger partial charge < -0.3 is 11.1 Å². The number of carbonyl (C=O) groups excluding carboxylic acids is 1. The first kappa shape index (κ1) is 13.5. The standard InChI is InChI=1S/C13H21N3O/c1-3-5-10(6-4-2)13(17)16-12-7-8-15-9-11(12)14/h7-10H,3-6,14H2,1-2H3,(H,15,16,17). The molecule has 4 nitrogen and oxygen atoms in total. The van der Waals surface area contributed by atoms with Gasteiger partial charge in [0, 0.05) is 12.1 Å². The van der Waals surface area contributed by atoms with E-state index >= 15 is 0 Å². The van der Waals surface area contributed by atoms with E-state index in [1.807, 2.05) is 0 Å². The van der Waals surface area contributed by atoms with Crippen LogP contribution in [0.2, 0.25) is 0 Å². The molecule has 1 aromatic rings.